The predicted octanol–water partition coefficient (Wildman–Crippen LogP) is 2.26. The first-order valence-electron chi connectivity index (χ1n) is 8.15. The average Bonchev–Trinajstić information content (AvgIpc) is 3.09. The summed E-state index contributed by atoms with van der Waals surface area (Å²) < 4.78 is 7.04. The number of rotatable bonds is 8. The fraction of sp³-hybridized carbons (Fsp3) is 0.222. The second kappa shape index (κ2) is 8.96. The maximum atomic E-state index is 12.1. The minimum atomic E-state index is -0.152. The van der Waals surface area contributed by atoms with Gasteiger partial charge in [0.25, 0.3) is 0 Å². The van der Waals surface area contributed by atoms with Gasteiger partial charge in [0.2, 0.25) is 5.91 Å². The highest BCUT2D eigenvalue weighted by atomic mass is 35.5. The number of nitrogens with zero attached hydrogens (tertiary/aromatic N) is 4. The molecule has 0 unspecified atom stereocenters. The minimum absolute atomic E-state index is 0.0428. The van der Waals surface area contributed by atoms with Crippen molar-refractivity contribution in [1.82, 2.24) is 25.5 Å². The molecule has 0 atom stereocenters. The van der Waals surface area contributed by atoms with E-state index >= 15 is 0 Å². The Morgan fingerprint density at radius 2 is 1.88 bits per heavy atom. The number of tetrazole rings is 1. The predicted molar refractivity (Wildman–Crippen MR) is 96.8 cm³/mol. The highest BCUT2D eigenvalue weighted by Crippen LogP contribution is 2.16. The molecular weight excluding hydrogens is 354 g/mol. The van der Waals surface area contributed by atoms with Gasteiger partial charge < -0.3 is 10.1 Å². The number of benzene rings is 2. The third kappa shape index (κ3) is 5.29. The minimum Gasteiger partial charge on any atom is -0.486 e. The smallest absolute Gasteiger partial charge is 0.241 e. The van der Waals surface area contributed by atoms with E-state index in [1.165, 1.54) is 10.2 Å². The van der Waals surface area contributed by atoms with E-state index in [-0.39, 0.29) is 19.1 Å². The fourth-order valence-electron chi connectivity index (χ4n) is 2.31. The van der Waals surface area contributed by atoms with Gasteiger partial charge in [0.15, 0.2) is 5.82 Å². The highest BCUT2D eigenvalue weighted by Gasteiger charge is 2.11. The summed E-state index contributed by atoms with van der Waals surface area (Å²) in [5.41, 5.74) is 1.17. The molecule has 0 bridgehead atoms. The summed E-state index contributed by atoms with van der Waals surface area (Å²) >= 11 is 5.84. The molecule has 8 heteroatoms. The molecule has 0 fully saturated rings. The molecule has 0 aliphatic rings. The summed E-state index contributed by atoms with van der Waals surface area (Å²) in [6, 6.07) is 17.0. The Morgan fingerprint density at radius 1 is 1.12 bits per heavy atom. The Kier molecular flexibility index (Phi) is 6.16. The van der Waals surface area contributed by atoms with Crippen LogP contribution in [0.25, 0.3) is 0 Å². The van der Waals surface area contributed by atoms with Crippen LogP contribution in [0.5, 0.6) is 5.75 Å². The first kappa shape index (κ1) is 17.9. The Bertz CT molecular complexity index is 836. The number of hydrogen-bond acceptors (Lipinski definition) is 5. The zero-order chi connectivity index (χ0) is 18.2. The van der Waals surface area contributed by atoms with Gasteiger partial charge in [-0.2, -0.15) is 0 Å². The molecule has 26 heavy (non-hydrogen) atoms. The van der Waals surface area contributed by atoms with Crippen molar-refractivity contribution in [3.05, 3.63) is 71.0 Å². The van der Waals surface area contributed by atoms with Crippen LogP contribution in [0.4, 0.5) is 0 Å². The number of ether oxygens (including phenoxy) is 1. The maximum absolute atomic E-state index is 12.1. The van der Waals surface area contributed by atoms with Crippen molar-refractivity contribution in [3.8, 4) is 5.75 Å². The van der Waals surface area contributed by atoms with Gasteiger partial charge in [-0.15, -0.1) is 5.10 Å². The molecule has 1 aromatic heterocycles. The van der Waals surface area contributed by atoms with E-state index in [4.69, 9.17) is 16.3 Å². The Morgan fingerprint density at radius 3 is 2.65 bits per heavy atom. The van der Waals surface area contributed by atoms with E-state index < -0.39 is 0 Å². The highest BCUT2D eigenvalue weighted by molar-refractivity contribution is 6.30. The molecule has 3 rings (SSSR count). The molecule has 1 N–H and O–H groups in total. The molecule has 0 aliphatic heterocycles. The van der Waals surface area contributed by atoms with Gasteiger partial charge in [0.1, 0.15) is 18.9 Å². The number of carbonyl (C=O) groups excluding carboxylic acids is 1. The first-order valence-corrected chi connectivity index (χ1v) is 8.52. The lowest BCUT2D eigenvalue weighted by atomic mass is 10.1. The van der Waals surface area contributed by atoms with E-state index in [9.17, 15) is 4.79 Å². The molecule has 1 heterocycles. The average molecular weight is 372 g/mol. The van der Waals surface area contributed by atoms with Gasteiger partial charge in [0.05, 0.1) is 0 Å². The van der Waals surface area contributed by atoms with Crippen LogP contribution in [0.3, 0.4) is 0 Å². The zero-order valence-corrected chi connectivity index (χ0v) is 14.8. The zero-order valence-electron chi connectivity index (χ0n) is 14.0. The lowest BCUT2D eigenvalue weighted by Crippen LogP contribution is -2.30. The monoisotopic (exact) mass is 371 g/mol. The number of carbonyl (C=O) groups is 1. The molecule has 3 aromatic rings. The Balaban J connectivity index is 1.46. The number of hydrogen-bond donors (Lipinski definition) is 1. The van der Waals surface area contributed by atoms with Crippen molar-refractivity contribution in [3.63, 3.8) is 0 Å². The van der Waals surface area contributed by atoms with Gasteiger partial charge in [-0.25, -0.2) is 4.68 Å². The Hall–Kier alpha value is -2.93. The largest absolute Gasteiger partial charge is 0.486 e. The molecule has 0 aliphatic carbocycles. The van der Waals surface area contributed by atoms with Crippen molar-refractivity contribution in [2.45, 2.75) is 19.6 Å². The first-order chi connectivity index (χ1) is 12.7. The molecular formula is C18H18ClN5O2. The summed E-state index contributed by atoms with van der Waals surface area (Å²) in [6.07, 6.45) is 0.773. The molecule has 0 radical (unpaired) electrons. The summed E-state index contributed by atoms with van der Waals surface area (Å²) in [6.45, 7) is 0.759. The van der Waals surface area contributed by atoms with Crippen LogP contribution in [-0.4, -0.2) is 32.7 Å². The summed E-state index contributed by atoms with van der Waals surface area (Å²) in [5, 5.41) is 14.9. The van der Waals surface area contributed by atoms with Gasteiger partial charge in [-0.05, 0) is 46.7 Å². The van der Waals surface area contributed by atoms with Crippen molar-refractivity contribution >= 4 is 17.5 Å². The van der Waals surface area contributed by atoms with Gasteiger partial charge in [-0.3, -0.25) is 4.79 Å². The van der Waals surface area contributed by atoms with Crippen molar-refractivity contribution in [1.29, 1.82) is 0 Å². The summed E-state index contributed by atoms with van der Waals surface area (Å²) in [5.74, 6) is 0.968. The van der Waals surface area contributed by atoms with Crippen LogP contribution in [0.2, 0.25) is 5.02 Å². The van der Waals surface area contributed by atoms with Crippen molar-refractivity contribution in [2.75, 3.05) is 6.54 Å². The lowest BCUT2D eigenvalue weighted by molar-refractivity contribution is -0.121. The molecule has 0 saturated carbocycles. The quantitative estimate of drug-likeness (QED) is 0.656. The number of aromatic nitrogens is 4. The van der Waals surface area contributed by atoms with Gasteiger partial charge >= 0.3 is 0 Å². The second-order valence-corrected chi connectivity index (χ2v) is 6.02. The molecule has 7 nitrogen and oxygen atoms in total. The molecule has 1 amide bonds. The molecule has 2 aromatic carbocycles. The van der Waals surface area contributed by atoms with Gasteiger partial charge in [-0.1, -0.05) is 41.9 Å². The lowest BCUT2D eigenvalue weighted by Gasteiger charge is -2.08. The fourth-order valence-corrected chi connectivity index (χ4v) is 2.44. The number of amides is 1. The summed E-state index contributed by atoms with van der Waals surface area (Å²) in [7, 11) is 0. The van der Waals surface area contributed by atoms with Crippen LogP contribution in [0, 0.1) is 0 Å². The standard InChI is InChI=1S/C18H18ClN5O2/c19-15-6-8-16(9-7-15)26-13-17-21-22-23-24(17)12-18(25)20-11-10-14-4-2-1-3-5-14/h1-9H,10-13H2,(H,20,25). The van der Waals surface area contributed by atoms with Crippen LogP contribution >= 0.6 is 11.6 Å². The van der Waals surface area contributed by atoms with E-state index in [1.54, 1.807) is 24.3 Å². The topological polar surface area (TPSA) is 81.9 Å². The van der Waals surface area contributed by atoms with Crippen LogP contribution in [0.15, 0.2) is 54.6 Å². The molecule has 134 valence electrons. The van der Waals surface area contributed by atoms with Crippen LogP contribution in [0.1, 0.15) is 11.4 Å². The van der Waals surface area contributed by atoms with E-state index in [2.05, 4.69) is 20.8 Å². The molecule has 0 spiro atoms. The van der Waals surface area contributed by atoms with Crippen LogP contribution in [-0.2, 0) is 24.4 Å². The van der Waals surface area contributed by atoms with E-state index in [0.717, 1.165) is 6.42 Å². The van der Waals surface area contributed by atoms with Crippen molar-refractivity contribution in [2.24, 2.45) is 0 Å². The third-order valence-electron chi connectivity index (χ3n) is 3.66. The normalized spacial score (nSPS) is 10.5. The maximum Gasteiger partial charge on any atom is 0.241 e. The summed E-state index contributed by atoms with van der Waals surface area (Å²) in [4.78, 5) is 12.1. The molecule has 0 saturated heterocycles. The van der Waals surface area contributed by atoms with Gasteiger partial charge in [0, 0.05) is 11.6 Å². The number of nitrogens with one attached hydrogen (secondary N) is 1. The van der Waals surface area contributed by atoms with Crippen molar-refractivity contribution < 1.29 is 9.53 Å². The second-order valence-electron chi connectivity index (χ2n) is 5.58. The third-order valence-corrected chi connectivity index (χ3v) is 3.91. The van der Waals surface area contributed by atoms with Crippen LogP contribution < -0.4 is 10.1 Å². The Labute approximate surface area is 155 Å². The van der Waals surface area contributed by atoms with E-state index in [1.807, 2.05) is 30.3 Å². The number of halogens is 1. The van der Waals surface area contributed by atoms with E-state index in [0.29, 0.717) is 23.1 Å². The SMILES string of the molecule is O=C(Cn1nnnc1COc1ccc(Cl)cc1)NCCc1ccccc1.